The molecule has 4 heteroatoms. The minimum atomic E-state index is -0.495. The molecule has 2 aliphatic rings. The molecule has 1 heterocycles. The monoisotopic (exact) mass is 185 g/mol. The largest absolute Gasteiger partial charge is 0.389 e. The summed E-state index contributed by atoms with van der Waals surface area (Å²) >= 11 is 0. The van der Waals surface area contributed by atoms with Crippen LogP contribution >= 0.6 is 0 Å². The molecular weight excluding hydrogens is 170 g/mol. The minimum Gasteiger partial charge on any atom is -0.389 e. The van der Waals surface area contributed by atoms with E-state index in [1.807, 2.05) is 0 Å². The predicted octanol–water partition coefficient (Wildman–Crippen LogP) is 0.311. The molecule has 0 aromatic heterocycles. The van der Waals surface area contributed by atoms with Gasteiger partial charge in [-0.25, -0.2) is 5.06 Å². The standard InChI is InChI=1S/C9H15NO3/c11-8-5-10(13-6-8)9(12)4-7-2-1-3-7/h7-8,11H,1-6H2. The van der Waals surface area contributed by atoms with Gasteiger partial charge in [-0.1, -0.05) is 6.42 Å². The zero-order chi connectivity index (χ0) is 9.26. The fraction of sp³-hybridized carbons (Fsp3) is 0.889. The first-order valence-corrected chi connectivity index (χ1v) is 4.87. The molecule has 0 aromatic rings. The van der Waals surface area contributed by atoms with Gasteiger partial charge in [0.2, 0.25) is 5.91 Å². The lowest BCUT2D eigenvalue weighted by molar-refractivity contribution is -0.170. The van der Waals surface area contributed by atoms with E-state index in [0.717, 1.165) is 0 Å². The van der Waals surface area contributed by atoms with Crippen molar-refractivity contribution >= 4 is 5.91 Å². The van der Waals surface area contributed by atoms with Crippen molar-refractivity contribution in [3.8, 4) is 0 Å². The lowest BCUT2D eigenvalue weighted by Crippen LogP contribution is -2.31. The molecule has 1 aliphatic carbocycles. The Bertz CT molecular complexity index is 203. The average Bonchev–Trinajstić information content (AvgIpc) is 2.44. The Morgan fingerprint density at radius 3 is 2.77 bits per heavy atom. The van der Waals surface area contributed by atoms with E-state index in [1.165, 1.54) is 24.3 Å². The van der Waals surface area contributed by atoms with Crippen LogP contribution < -0.4 is 0 Å². The van der Waals surface area contributed by atoms with Crippen LogP contribution in [0.25, 0.3) is 0 Å². The van der Waals surface area contributed by atoms with Crippen molar-refractivity contribution in [1.29, 1.82) is 0 Å². The Morgan fingerprint density at radius 2 is 2.31 bits per heavy atom. The quantitative estimate of drug-likeness (QED) is 0.673. The highest BCUT2D eigenvalue weighted by Crippen LogP contribution is 2.30. The molecule has 2 fully saturated rings. The van der Waals surface area contributed by atoms with Crippen LogP contribution in [0, 0.1) is 5.92 Å². The zero-order valence-corrected chi connectivity index (χ0v) is 7.61. The fourth-order valence-corrected chi connectivity index (χ4v) is 1.69. The van der Waals surface area contributed by atoms with Crippen molar-refractivity contribution in [3.05, 3.63) is 0 Å². The van der Waals surface area contributed by atoms with Gasteiger partial charge in [-0.15, -0.1) is 0 Å². The summed E-state index contributed by atoms with van der Waals surface area (Å²) in [5.74, 6) is 0.593. The first-order valence-electron chi connectivity index (χ1n) is 4.87. The molecule has 1 saturated heterocycles. The van der Waals surface area contributed by atoms with Gasteiger partial charge < -0.3 is 5.11 Å². The normalized spacial score (nSPS) is 29.0. The van der Waals surface area contributed by atoms with E-state index in [1.54, 1.807) is 0 Å². The number of aliphatic hydroxyl groups is 1. The van der Waals surface area contributed by atoms with Crippen LogP contribution in [0.2, 0.25) is 0 Å². The molecule has 1 N–H and O–H groups in total. The van der Waals surface area contributed by atoms with E-state index < -0.39 is 6.10 Å². The van der Waals surface area contributed by atoms with Gasteiger partial charge >= 0.3 is 0 Å². The van der Waals surface area contributed by atoms with Crippen LogP contribution in [-0.4, -0.2) is 35.3 Å². The Hall–Kier alpha value is -0.610. The van der Waals surface area contributed by atoms with E-state index in [-0.39, 0.29) is 12.5 Å². The molecule has 0 bridgehead atoms. The Kier molecular flexibility index (Phi) is 2.51. The van der Waals surface area contributed by atoms with Crippen LogP contribution in [0.3, 0.4) is 0 Å². The van der Waals surface area contributed by atoms with Crippen LogP contribution in [-0.2, 0) is 9.63 Å². The Balaban J connectivity index is 1.76. The SMILES string of the molecule is O=C(CC1CCC1)N1CC(O)CO1. The van der Waals surface area contributed by atoms with Crippen LogP contribution in [0.4, 0.5) is 0 Å². The number of hydrogen-bond acceptors (Lipinski definition) is 3. The highest BCUT2D eigenvalue weighted by molar-refractivity contribution is 5.75. The number of hydrogen-bond donors (Lipinski definition) is 1. The summed E-state index contributed by atoms with van der Waals surface area (Å²) in [6, 6.07) is 0. The molecule has 0 aromatic carbocycles. The number of amides is 1. The molecule has 1 atom stereocenters. The van der Waals surface area contributed by atoms with Gasteiger partial charge in [-0.2, -0.15) is 0 Å². The molecular formula is C9H15NO3. The smallest absolute Gasteiger partial charge is 0.246 e. The van der Waals surface area contributed by atoms with E-state index in [0.29, 0.717) is 18.9 Å². The van der Waals surface area contributed by atoms with Gasteiger partial charge in [0, 0.05) is 6.42 Å². The number of carbonyl (C=O) groups excluding carboxylic acids is 1. The summed E-state index contributed by atoms with van der Waals surface area (Å²) in [6.07, 6.45) is 3.68. The van der Waals surface area contributed by atoms with Crippen molar-refractivity contribution in [2.45, 2.75) is 31.8 Å². The number of carbonyl (C=O) groups is 1. The summed E-state index contributed by atoms with van der Waals surface area (Å²) in [5, 5.41) is 10.4. The summed E-state index contributed by atoms with van der Waals surface area (Å²) in [5.41, 5.74) is 0. The molecule has 0 spiro atoms. The van der Waals surface area contributed by atoms with E-state index in [9.17, 15) is 4.79 Å². The lowest BCUT2D eigenvalue weighted by Gasteiger charge is -2.26. The molecule has 2 rings (SSSR count). The number of β-amino-alcohol motifs (C(OH)–C–C–N with tert-alkyl or cyclic N) is 1. The molecule has 4 nitrogen and oxygen atoms in total. The third-order valence-electron chi connectivity index (χ3n) is 2.77. The van der Waals surface area contributed by atoms with Crippen LogP contribution in [0.1, 0.15) is 25.7 Å². The third-order valence-corrected chi connectivity index (χ3v) is 2.77. The van der Waals surface area contributed by atoms with E-state index in [4.69, 9.17) is 9.94 Å². The molecule has 74 valence electrons. The number of hydroxylamine groups is 2. The van der Waals surface area contributed by atoms with Gasteiger partial charge in [0.1, 0.15) is 6.61 Å². The minimum absolute atomic E-state index is 0.0289. The maximum atomic E-state index is 11.5. The van der Waals surface area contributed by atoms with Gasteiger partial charge in [0.15, 0.2) is 0 Å². The van der Waals surface area contributed by atoms with Crippen LogP contribution in [0.15, 0.2) is 0 Å². The average molecular weight is 185 g/mol. The lowest BCUT2D eigenvalue weighted by atomic mass is 9.83. The van der Waals surface area contributed by atoms with Gasteiger partial charge in [-0.3, -0.25) is 9.63 Å². The summed E-state index contributed by atoms with van der Waals surface area (Å²) in [7, 11) is 0. The van der Waals surface area contributed by atoms with Gasteiger partial charge in [0.25, 0.3) is 0 Å². The maximum Gasteiger partial charge on any atom is 0.246 e. The fourth-order valence-electron chi connectivity index (χ4n) is 1.69. The highest BCUT2D eigenvalue weighted by atomic mass is 16.7. The number of aliphatic hydroxyl groups excluding tert-OH is 1. The maximum absolute atomic E-state index is 11.5. The highest BCUT2D eigenvalue weighted by Gasteiger charge is 2.29. The molecule has 1 unspecified atom stereocenters. The summed E-state index contributed by atoms with van der Waals surface area (Å²) in [6.45, 7) is 0.599. The van der Waals surface area contributed by atoms with Crippen molar-refractivity contribution in [3.63, 3.8) is 0 Å². The first kappa shape index (κ1) is 8.97. The molecule has 0 radical (unpaired) electrons. The van der Waals surface area contributed by atoms with Crippen molar-refractivity contribution in [1.82, 2.24) is 5.06 Å². The zero-order valence-electron chi connectivity index (χ0n) is 7.61. The van der Waals surface area contributed by atoms with Crippen molar-refractivity contribution in [2.24, 2.45) is 5.92 Å². The summed E-state index contributed by atoms with van der Waals surface area (Å²) < 4.78 is 0. The van der Waals surface area contributed by atoms with Crippen molar-refractivity contribution < 1.29 is 14.7 Å². The molecule has 1 amide bonds. The number of rotatable bonds is 2. The van der Waals surface area contributed by atoms with Crippen molar-refractivity contribution in [2.75, 3.05) is 13.2 Å². The second-order valence-corrected chi connectivity index (χ2v) is 3.91. The first-order chi connectivity index (χ1) is 6.25. The number of nitrogens with zero attached hydrogens (tertiary/aromatic N) is 1. The van der Waals surface area contributed by atoms with Gasteiger partial charge in [-0.05, 0) is 18.8 Å². The van der Waals surface area contributed by atoms with E-state index >= 15 is 0 Å². The molecule has 13 heavy (non-hydrogen) atoms. The second-order valence-electron chi connectivity index (χ2n) is 3.91. The third kappa shape index (κ3) is 2.00. The van der Waals surface area contributed by atoms with Crippen LogP contribution in [0.5, 0.6) is 0 Å². The predicted molar refractivity (Wildman–Crippen MR) is 45.6 cm³/mol. The van der Waals surface area contributed by atoms with E-state index in [2.05, 4.69) is 0 Å². The van der Waals surface area contributed by atoms with Gasteiger partial charge in [0.05, 0.1) is 12.6 Å². The summed E-state index contributed by atoms with van der Waals surface area (Å²) in [4.78, 5) is 16.5. The Labute approximate surface area is 77.4 Å². The Morgan fingerprint density at radius 1 is 1.54 bits per heavy atom. The molecule has 1 saturated carbocycles. The topological polar surface area (TPSA) is 49.8 Å². The molecule has 1 aliphatic heterocycles. The second kappa shape index (κ2) is 3.64.